The van der Waals surface area contributed by atoms with E-state index in [1.807, 2.05) is 6.08 Å². The summed E-state index contributed by atoms with van der Waals surface area (Å²) in [4.78, 5) is 2.39. The molecule has 0 aliphatic carbocycles. The van der Waals surface area contributed by atoms with Crippen LogP contribution in [0.1, 0.15) is 30.5 Å². The van der Waals surface area contributed by atoms with E-state index in [0.717, 1.165) is 6.42 Å². The minimum absolute atomic E-state index is 0.0239. The van der Waals surface area contributed by atoms with Crippen LogP contribution in [0.15, 0.2) is 85.5 Å². The summed E-state index contributed by atoms with van der Waals surface area (Å²) in [5.74, 6) is 0. The van der Waals surface area contributed by atoms with Gasteiger partial charge in [-0.1, -0.05) is 68.5 Å². The molecular weight excluding hydrogens is 302 g/mol. The molecule has 0 aromatic heterocycles. The van der Waals surface area contributed by atoms with E-state index in [2.05, 4.69) is 98.1 Å². The van der Waals surface area contributed by atoms with Crippen molar-refractivity contribution in [2.24, 2.45) is 0 Å². The van der Waals surface area contributed by atoms with Crippen molar-refractivity contribution in [2.75, 3.05) is 4.90 Å². The Balaban J connectivity index is 2.02. The Morgan fingerprint density at radius 2 is 1.52 bits per heavy atom. The van der Waals surface area contributed by atoms with Crippen LogP contribution in [-0.4, -0.2) is 0 Å². The van der Waals surface area contributed by atoms with Gasteiger partial charge < -0.3 is 4.90 Å². The lowest BCUT2D eigenvalue weighted by Gasteiger charge is -2.42. The van der Waals surface area contributed by atoms with Crippen LogP contribution in [0.2, 0.25) is 0 Å². The minimum Gasteiger partial charge on any atom is -0.310 e. The van der Waals surface area contributed by atoms with E-state index >= 15 is 0 Å². The standard InChI is InChI=1S/C24H23N/c1-4-10-18-15-16-21-23(17-18)25(19-11-6-5-7-12-19)22-14-9-8-13-20(22)24(21,2)3/h4-9,11-17H,1,10H2,2-3H3. The van der Waals surface area contributed by atoms with E-state index in [0.29, 0.717) is 0 Å². The monoisotopic (exact) mass is 325 g/mol. The van der Waals surface area contributed by atoms with Crippen LogP contribution in [0.4, 0.5) is 17.1 Å². The van der Waals surface area contributed by atoms with Gasteiger partial charge in [0.2, 0.25) is 0 Å². The third kappa shape index (κ3) is 2.47. The number of para-hydroxylation sites is 2. The largest absolute Gasteiger partial charge is 0.310 e. The van der Waals surface area contributed by atoms with Crippen LogP contribution in [0.3, 0.4) is 0 Å². The second-order valence-corrected chi connectivity index (χ2v) is 7.16. The van der Waals surface area contributed by atoms with Crippen LogP contribution in [0.25, 0.3) is 0 Å². The Hall–Kier alpha value is -2.80. The average molecular weight is 325 g/mol. The SMILES string of the molecule is C=CCc1ccc2c(c1)N(c1ccccc1)c1ccccc1C2(C)C. The lowest BCUT2D eigenvalue weighted by molar-refractivity contribution is 0.631. The molecule has 4 rings (SSSR count). The first-order chi connectivity index (χ1) is 12.1. The predicted octanol–water partition coefficient (Wildman–Crippen LogP) is 6.52. The van der Waals surface area contributed by atoms with Crippen molar-refractivity contribution in [1.29, 1.82) is 0 Å². The van der Waals surface area contributed by atoms with Crippen molar-refractivity contribution < 1.29 is 0 Å². The topological polar surface area (TPSA) is 3.24 Å². The fourth-order valence-corrected chi connectivity index (χ4v) is 3.91. The van der Waals surface area contributed by atoms with E-state index < -0.39 is 0 Å². The molecule has 0 saturated heterocycles. The molecule has 1 nitrogen and oxygen atoms in total. The van der Waals surface area contributed by atoms with Crippen LogP contribution in [0, 0.1) is 0 Å². The third-order valence-corrected chi connectivity index (χ3v) is 5.19. The molecule has 0 fully saturated rings. The quantitative estimate of drug-likeness (QED) is 0.495. The van der Waals surface area contributed by atoms with Crippen molar-refractivity contribution in [1.82, 2.24) is 0 Å². The van der Waals surface area contributed by atoms with Crippen molar-refractivity contribution in [3.8, 4) is 0 Å². The lowest BCUT2D eigenvalue weighted by Crippen LogP contribution is -2.30. The lowest BCUT2D eigenvalue weighted by atomic mass is 9.73. The fourth-order valence-electron chi connectivity index (χ4n) is 3.91. The van der Waals surface area contributed by atoms with Crippen molar-refractivity contribution in [3.63, 3.8) is 0 Å². The highest BCUT2D eigenvalue weighted by Crippen LogP contribution is 2.51. The van der Waals surface area contributed by atoms with Crippen LogP contribution < -0.4 is 4.90 Å². The number of anilines is 3. The molecule has 124 valence electrons. The summed E-state index contributed by atoms with van der Waals surface area (Å²) in [5.41, 5.74) is 7.73. The van der Waals surface area contributed by atoms with Crippen molar-refractivity contribution >= 4 is 17.1 Å². The fraction of sp³-hybridized carbons (Fsp3) is 0.167. The highest BCUT2D eigenvalue weighted by Gasteiger charge is 2.36. The van der Waals surface area contributed by atoms with Gasteiger partial charge in [0.05, 0.1) is 11.4 Å². The Morgan fingerprint density at radius 3 is 2.28 bits per heavy atom. The Labute approximate surface area is 150 Å². The maximum atomic E-state index is 3.90. The summed E-state index contributed by atoms with van der Waals surface area (Å²) < 4.78 is 0. The molecule has 0 saturated carbocycles. The first kappa shape index (κ1) is 15.7. The predicted molar refractivity (Wildman–Crippen MR) is 107 cm³/mol. The van der Waals surface area contributed by atoms with Gasteiger partial charge in [-0.25, -0.2) is 0 Å². The zero-order valence-corrected chi connectivity index (χ0v) is 14.9. The number of hydrogen-bond donors (Lipinski definition) is 0. The molecule has 3 aromatic carbocycles. The van der Waals surface area contributed by atoms with Gasteiger partial charge >= 0.3 is 0 Å². The number of allylic oxidation sites excluding steroid dienone is 1. The highest BCUT2D eigenvalue weighted by atomic mass is 15.2. The Morgan fingerprint density at radius 1 is 0.840 bits per heavy atom. The molecular formula is C24H23N. The number of fused-ring (bicyclic) bond motifs is 2. The van der Waals surface area contributed by atoms with E-state index in [4.69, 9.17) is 0 Å². The molecule has 1 heteroatoms. The third-order valence-electron chi connectivity index (χ3n) is 5.19. The number of benzene rings is 3. The Bertz CT molecular complexity index is 922. The van der Waals surface area contributed by atoms with Gasteiger partial charge in [0, 0.05) is 11.1 Å². The van der Waals surface area contributed by atoms with Gasteiger partial charge in [-0.3, -0.25) is 0 Å². The number of rotatable bonds is 3. The molecule has 25 heavy (non-hydrogen) atoms. The molecule has 1 aliphatic rings. The summed E-state index contributed by atoms with van der Waals surface area (Å²) in [5, 5.41) is 0. The second kappa shape index (κ2) is 5.93. The molecule has 1 heterocycles. The summed E-state index contributed by atoms with van der Waals surface area (Å²) in [6.07, 6.45) is 2.86. The van der Waals surface area contributed by atoms with Gasteiger partial charge in [-0.2, -0.15) is 0 Å². The maximum absolute atomic E-state index is 3.90. The van der Waals surface area contributed by atoms with Gasteiger partial charge in [-0.05, 0) is 47.4 Å². The number of hydrogen-bond acceptors (Lipinski definition) is 1. The number of nitrogens with zero attached hydrogens (tertiary/aromatic N) is 1. The van der Waals surface area contributed by atoms with E-state index in [1.54, 1.807) is 0 Å². The van der Waals surface area contributed by atoms with Gasteiger partial charge in [-0.15, -0.1) is 6.58 Å². The van der Waals surface area contributed by atoms with E-state index in [9.17, 15) is 0 Å². The first-order valence-corrected chi connectivity index (χ1v) is 8.82. The molecule has 0 radical (unpaired) electrons. The second-order valence-electron chi connectivity index (χ2n) is 7.16. The van der Waals surface area contributed by atoms with Crippen LogP contribution in [-0.2, 0) is 11.8 Å². The molecule has 1 aliphatic heterocycles. The maximum Gasteiger partial charge on any atom is 0.0505 e. The molecule has 0 unspecified atom stereocenters. The van der Waals surface area contributed by atoms with Crippen molar-refractivity contribution in [3.05, 3.63) is 102 Å². The summed E-state index contributed by atoms with van der Waals surface area (Å²) in [7, 11) is 0. The normalized spacial score (nSPS) is 14.6. The van der Waals surface area contributed by atoms with Crippen LogP contribution in [0.5, 0.6) is 0 Å². The Kier molecular flexibility index (Phi) is 3.73. The molecule has 0 spiro atoms. The first-order valence-electron chi connectivity index (χ1n) is 8.82. The summed E-state index contributed by atoms with van der Waals surface area (Å²) >= 11 is 0. The molecule has 0 atom stereocenters. The van der Waals surface area contributed by atoms with Gasteiger partial charge in [0.15, 0.2) is 0 Å². The summed E-state index contributed by atoms with van der Waals surface area (Å²) in [6, 6.07) is 26.2. The molecule has 3 aromatic rings. The van der Waals surface area contributed by atoms with Crippen molar-refractivity contribution in [2.45, 2.75) is 25.7 Å². The highest BCUT2D eigenvalue weighted by molar-refractivity contribution is 5.86. The van der Waals surface area contributed by atoms with E-state index in [-0.39, 0.29) is 5.41 Å². The molecule has 0 N–H and O–H groups in total. The molecule has 0 bridgehead atoms. The molecule has 0 amide bonds. The smallest absolute Gasteiger partial charge is 0.0505 e. The van der Waals surface area contributed by atoms with Gasteiger partial charge in [0.1, 0.15) is 0 Å². The van der Waals surface area contributed by atoms with E-state index in [1.165, 1.54) is 33.8 Å². The summed E-state index contributed by atoms with van der Waals surface area (Å²) in [6.45, 7) is 8.54. The van der Waals surface area contributed by atoms with Crippen LogP contribution >= 0.6 is 0 Å². The zero-order valence-electron chi connectivity index (χ0n) is 14.9. The zero-order chi connectivity index (χ0) is 17.4. The minimum atomic E-state index is -0.0239. The average Bonchev–Trinajstić information content (AvgIpc) is 2.63. The van der Waals surface area contributed by atoms with Gasteiger partial charge in [0.25, 0.3) is 0 Å².